The molecule has 0 fully saturated rings. The van der Waals surface area contributed by atoms with Crippen LogP contribution < -0.4 is 0 Å². The molecule has 0 aliphatic rings. The first-order valence-electron chi connectivity index (χ1n) is 17.7. The second kappa shape index (κ2) is 33.6. The zero-order valence-electron chi connectivity index (χ0n) is 26.4. The summed E-state index contributed by atoms with van der Waals surface area (Å²) in [6.07, 6.45) is 39.8. The summed E-state index contributed by atoms with van der Waals surface area (Å²) in [5.74, 6) is -0.312. The lowest BCUT2D eigenvalue weighted by Crippen LogP contribution is -2.25. The fourth-order valence-electron chi connectivity index (χ4n) is 5.49. The Hall–Kier alpha value is -0.610. The number of hydrogen-bond acceptors (Lipinski definition) is 4. The third-order valence-electron chi connectivity index (χ3n) is 8.19. The van der Waals surface area contributed by atoms with Crippen LogP contribution in [0.15, 0.2) is 0 Å². The average molecular weight is 555 g/mol. The minimum Gasteiger partial charge on any atom is -0.457 e. The van der Waals surface area contributed by atoms with Crippen molar-refractivity contribution in [2.24, 2.45) is 0 Å². The summed E-state index contributed by atoms with van der Waals surface area (Å²) in [5, 5.41) is 17.8. The first-order chi connectivity index (χ1) is 19.2. The number of aliphatic hydroxyl groups is 2. The Morgan fingerprint density at radius 2 is 0.667 bits per heavy atom. The number of esters is 1. The minimum absolute atomic E-state index is 0.312. The fraction of sp³-hybridized carbons (Fsp3) is 0.971. The first kappa shape index (κ1) is 38.4. The van der Waals surface area contributed by atoms with Crippen molar-refractivity contribution < 1.29 is 19.7 Å². The van der Waals surface area contributed by atoms with E-state index < -0.39 is 6.10 Å². The number of aliphatic hydroxyl groups excluding tert-OH is 2. The van der Waals surface area contributed by atoms with Gasteiger partial charge in [-0.25, -0.2) is 0 Å². The van der Waals surface area contributed by atoms with Crippen LogP contribution in [0.4, 0.5) is 0 Å². The summed E-state index contributed by atoms with van der Waals surface area (Å²) in [6, 6.07) is 0. The highest BCUT2D eigenvalue weighted by Gasteiger charge is 2.11. The van der Waals surface area contributed by atoms with E-state index in [-0.39, 0.29) is 19.2 Å². The van der Waals surface area contributed by atoms with Crippen molar-refractivity contribution >= 4 is 5.97 Å². The van der Waals surface area contributed by atoms with Crippen molar-refractivity contribution in [1.82, 2.24) is 0 Å². The normalized spacial score (nSPS) is 11.5. The summed E-state index contributed by atoms with van der Waals surface area (Å²) < 4.78 is 4.97. The maximum Gasteiger partial charge on any atom is 0.306 e. The van der Waals surface area contributed by atoms with Crippen molar-refractivity contribution in [2.45, 2.75) is 206 Å². The van der Waals surface area contributed by atoms with Gasteiger partial charge in [-0.15, -0.1) is 0 Å². The van der Waals surface area contributed by atoms with Gasteiger partial charge in [0.2, 0.25) is 0 Å². The molecule has 4 nitrogen and oxygen atoms in total. The maximum atomic E-state index is 11.6. The number of carbonyl (C=O) groups excluding carboxylic acids is 1. The Kier molecular flexibility index (Phi) is 33.1. The van der Waals surface area contributed by atoms with E-state index in [1.54, 1.807) is 0 Å². The number of ether oxygens (including phenoxy) is 1. The zero-order valence-corrected chi connectivity index (χ0v) is 26.4. The van der Waals surface area contributed by atoms with E-state index in [1.807, 2.05) is 0 Å². The molecule has 0 amide bonds. The molecular weight excluding hydrogens is 484 g/mol. The van der Waals surface area contributed by atoms with Gasteiger partial charge in [0.25, 0.3) is 0 Å². The molecule has 0 bridgehead atoms. The zero-order chi connectivity index (χ0) is 28.5. The van der Waals surface area contributed by atoms with Gasteiger partial charge in [-0.05, 0) is 6.42 Å². The van der Waals surface area contributed by atoms with E-state index >= 15 is 0 Å². The lowest BCUT2D eigenvalue weighted by atomic mass is 10.0. The number of unbranched alkanes of at least 4 members (excludes halogenated alkanes) is 28. The Morgan fingerprint density at radius 3 is 0.897 bits per heavy atom. The van der Waals surface area contributed by atoms with Crippen LogP contribution in [0.25, 0.3) is 0 Å². The molecule has 0 saturated heterocycles. The van der Waals surface area contributed by atoms with Crippen LogP contribution in [0, 0.1) is 0 Å². The Morgan fingerprint density at radius 1 is 0.436 bits per heavy atom. The molecule has 0 aliphatic heterocycles. The molecule has 0 rings (SSSR count). The molecule has 0 heterocycles. The summed E-state index contributed by atoms with van der Waals surface area (Å²) in [6.45, 7) is 1.66. The fourth-order valence-corrected chi connectivity index (χ4v) is 5.49. The minimum atomic E-state index is -0.763. The molecule has 0 aromatic heterocycles. The molecular formula is C35H70O4. The van der Waals surface area contributed by atoms with E-state index in [2.05, 4.69) is 6.92 Å². The van der Waals surface area contributed by atoms with Gasteiger partial charge < -0.3 is 14.9 Å². The monoisotopic (exact) mass is 555 g/mol. The molecule has 0 unspecified atom stereocenters. The lowest BCUT2D eigenvalue weighted by Gasteiger charge is -2.12. The molecule has 0 atom stereocenters. The highest BCUT2D eigenvalue weighted by molar-refractivity contribution is 5.69. The molecule has 0 saturated carbocycles. The van der Waals surface area contributed by atoms with E-state index in [1.165, 1.54) is 173 Å². The first-order valence-corrected chi connectivity index (χ1v) is 17.7. The largest absolute Gasteiger partial charge is 0.457 e. The topological polar surface area (TPSA) is 66.8 Å². The highest BCUT2D eigenvalue weighted by Crippen LogP contribution is 2.16. The van der Waals surface area contributed by atoms with Crippen LogP contribution in [-0.4, -0.2) is 35.5 Å². The van der Waals surface area contributed by atoms with E-state index in [4.69, 9.17) is 14.9 Å². The number of rotatable bonds is 33. The third-order valence-corrected chi connectivity index (χ3v) is 8.19. The Labute approximate surface area is 244 Å². The van der Waals surface area contributed by atoms with Crippen LogP contribution in [-0.2, 0) is 9.53 Å². The van der Waals surface area contributed by atoms with Crippen LogP contribution in [0.1, 0.15) is 200 Å². The predicted molar refractivity (Wildman–Crippen MR) is 168 cm³/mol. The number of carbonyl (C=O) groups is 1. The molecule has 0 aromatic carbocycles. The van der Waals surface area contributed by atoms with Crippen LogP contribution in [0.3, 0.4) is 0 Å². The van der Waals surface area contributed by atoms with Crippen molar-refractivity contribution in [3.8, 4) is 0 Å². The quantitative estimate of drug-likeness (QED) is 0.0625. The number of hydrogen-bond donors (Lipinski definition) is 2. The second-order valence-corrected chi connectivity index (χ2v) is 12.1. The second-order valence-electron chi connectivity index (χ2n) is 12.1. The van der Waals surface area contributed by atoms with E-state index in [9.17, 15) is 4.79 Å². The standard InChI is InChI=1S/C35H70O4/c1-2-3-4-5-6-7-8-9-10-11-12-13-14-15-16-17-18-19-20-21-22-23-24-25-26-27-28-29-30-31-35(38)39-34(32-36)33-37/h34,36-37H,2-33H2,1H3. The van der Waals surface area contributed by atoms with Gasteiger partial charge in [-0.1, -0.05) is 187 Å². The van der Waals surface area contributed by atoms with Gasteiger partial charge in [0.1, 0.15) is 6.10 Å². The van der Waals surface area contributed by atoms with Gasteiger partial charge in [-0.3, -0.25) is 4.79 Å². The van der Waals surface area contributed by atoms with Gasteiger partial charge in [-0.2, -0.15) is 0 Å². The predicted octanol–water partition coefficient (Wildman–Crippen LogP) is 10.6. The molecule has 234 valence electrons. The Bertz CT molecular complexity index is 464. The molecule has 0 aliphatic carbocycles. The molecule has 39 heavy (non-hydrogen) atoms. The van der Waals surface area contributed by atoms with Crippen LogP contribution >= 0.6 is 0 Å². The summed E-state index contributed by atoms with van der Waals surface area (Å²) in [5.41, 5.74) is 0. The third kappa shape index (κ3) is 31.8. The van der Waals surface area contributed by atoms with Crippen LogP contribution in [0.5, 0.6) is 0 Å². The van der Waals surface area contributed by atoms with E-state index in [0.717, 1.165) is 12.8 Å². The summed E-state index contributed by atoms with van der Waals surface area (Å²) in [4.78, 5) is 11.6. The molecule has 0 spiro atoms. The van der Waals surface area contributed by atoms with Crippen molar-refractivity contribution in [2.75, 3.05) is 13.2 Å². The SMILES string of the molecule is CCCCCCCCCCCCCCCCCCCCCCCCCCCCCCCC(=O)OC(CO)CO. The van der Waals surface area contributed by atoms with Gasteiger partial charge in [0.15, 0.2) is 0 Å². The van der Waals surface area contributed by atoms with Crippen molar-refractivity contribution in [1.29, 1.82) is 0 Å². The van der Waals surface area contributed by atoms with Crippen LogP contribution in [0.2, 0.25) is 0 Å². The lowest BCUT2D eigenvalue weighted by molar-refractivity contribution is -0.153. The van der Waals surface area contributed by atoms with Crippen molar-refractivity contribution in [3.05, 3.63) is 0 Å². The smallest absolute Gasteiger partial charge is 0.306 e. The van der Waals surface area contributed by atoms with Gasteiger partial charge in [0.05, 0.1) is 13.2 Å². The average Bonchev–Trinajstić information content (AvgIpc) is 2.95. The van der Waals surface area contributed by atoms with Gasteiger partial charge in [0, 0.05) is 6.42 Å². The summed E-state index contributed by atoms with van der Waals surface area (Å²) >= 11 is 0. The van der Waals surface area contributed by atoms with E-state index in [0.29, 0.717) is 6.42 Å². The summed E-state index contributed by atoms with van der Waals surface area (Å²) in [7, 11) is 0. The van der Waals surface area contributed by atoms with Gasteiger partial charge >= 0.3 is 5.97 Å². The maximum absolute atomic E-state index is 11.6. The highest BCUT2D eigenvalue weighted by atomic mass is 16.6. The Balaban J connectivity index is 3.11. The molecule has 2 N–H and O–H groups in total. The molecule has 0 radical (unpaired) electrons. The molecule has 0 aromatic rings. The molecule has 4 heteroatoms. The van der Waals surface area contributed by atoms with Crippen molar-refractivity contribution in [3.63, 3.8) is 0 Å².